The van der Waals surface area contributed by atoms with E-state index in [1.165, 1.54) is 0 Å². The number of pyridine rings is 1. The summed E-state index contributed by atoms with van der Waals surface area (Å²) in [6.45, 7) is 0. The first-order valence-electron chi connectivity index (χ1n) is 8.36. The SMILES string of the molecule is CN(C)c1cc[n+](/C=C(\[O-])N2c3ccccc3Sc3ccccc32)cc1. The highest BCUT2D eigenvalue weighted by molar-refractivity contribution is 7.99. The van der Waals surface area contributed by atoms with Crippen LogP contribution in [-0.2, 0) is 0 Å². The fourth-order valence-corrected chi connectivity index (χ4v) is 4.00. The summed E-state index contributed by atoms with van der Waals surface area (Å²) in [5, 5.41) is 13.1. The van der Waals surface area contributed by atoms with Gasteiger partial charge in [0.05, 0.1) is 11.4 Å². The molecule has 26 heavy (non-hydrogen) atoms. The molecule has 5 heteroatoms. The van der Waals surface area contributed by atoms with Crippen molar-refractivity contribution in [1.82, 2.24) is 0 Å². The average molecular weight is 361 g/mol. The van der Waals surface area contributed by atoms with Crippen molar-refractivity contribution in [3.63, 3.8) is 0 Å². The Hall–Kier alpha value is -2.92. The van der Waals surface area contributed by atoms with Crippen LogP contribution in [-0.4, -0.2) is 14.1 Å². The second-order valence-electron chi connectivity index (χ2n) is 6.24. The van der Waals surface area contributed by atoms with Gasteiger partial charge in [-0.3, -0.25) is 0 Å². The van der Waals surface area contributed by atoms with Gasteiger partial charge in [0.1, 0.15) is 0 Å². The molecule has 4 nitrogen and oxygen atoms in total. The Morgan fingerprint density at radius 2 is 1.46 bits per heavy atom. The van der Waals surface area contributed by atoms with Crippen molar-refractivity contribution in [2.45, 2.75) is 9.79 Å². The lowest BCUT2D eigenvalue weighted by Gasteiger charge is -2.35. The molecule has 0 saturated heterocycles. The first-order chi connectivity index (χ1) is 12.6. The molecule has 0 amide bonds. The molecule has 3 aromatic rings. The fourth-order valence-electron chi connectivity index (χ4n) is 2.94. The zero-order valence-corrected chi connectivity index (χ0v) is 15.5. The maximum Gasteiger partial charge on any atom is 0.183 e. The van der Waals surface area contributed by atoms with E-state index in [4.69, 9.17) is 0 Å². The third-order valence-corrected chi connectivity index (χ3v) is 5.39. The lowest BCUT2D eigenvalue weighted by Crippen LogP contribution is -2.34. The molecule has 0 N–H and O–H groups in total. The molecule has 2 heterocycles. The van der Waals surface area contributed by atoms with Gasteiger partial charge in [-0.05, 0) is 24.3 Å². The third-order valence-electron chi connectivity index (χ3n) is 4.26. The van der Waals surface area contributed by atoms with Crippen molar-refractivity contribution in [3.05, 3.63) is 78.9 Å². The van der Waals surface area contributed by atoms with Crippen LogP contribution in [0.4, 0.5) is 17.1 Å². The molecule has 2 aromatic carbocycles. The van der Waals surface area contributed by atoms with Crippen LogP contribution >= 0.6 is 11.8 Å². The minimum absolute atomic E-state index is 0.0761. The van der Waals surface area contributed by atoms with E-state index in [9.17, 15) is 5.11 Å². The van der Waals surface area contributed by atoms with Crippen molar-refractivity contribution >= 4 is 35.0 Å². The molecule has 130 valence electrons. The zero-order chi connectivity index (χ0) is 18.1. The number of anilines is 3. The summed E-state index contributed by atoms with van der Waals surface area (Å²) in [7, 11) is 3.99. The largest absolute Gasteiger partial charge is 0.856 e. The number of rotatable bonds is 3. The van der Waals surface area contributed by atoms with Crippen LogP contribution in [0.5, 0.6) is 0 Å². The second kappa shape index (κ2) is 6.77. The first kappa shape index (κ1) is 16.5. The van der Waals surface area contributed by atoms with Gasteiger partial charge in [0.15, 0.2) is 18.6 Å². The van der Waals surface area contributed by atoms with Crippen LogP contribution in [0, 0.1) is 0 Å². The van der Waals surface area contributed by atoms with E-state index in [1.54, 1.807) is 27.4 Å². The smallest absolute Gasteiger partial charge is 0.183 e. The summed E-state index contributed by atoms with van der Waals surface area (Å²) in [4.78, 5) is 5.98. The van der Waals surface area contributed by atoms with Gasteiger partial charge in [0.25, 0.3) is 0 Å². The van der Waals surface area contributed by atoms with Gasteiger partial charge in [0.2, 0.25) is 0 Å². The molecule has 1 aromatic heterocycles. The van der Waals surface area contributed by atoms with E-state index in [1.807, 2.05) is 79.9 Å². The fraction of sp³-hybridized carbons (Fsp3) is 0.0952. The van der Waals surface area contributed by atoms with Crippen molar-refractivity contribution in [2.24, 2.45) is 0 Å². The van der Waals surface area contributed by atoms with Crippen molar-refractivity contribution in [2.75, 3.05) is 23.9 Å². The number of benzene rings is 2. The Balaban J connectivity index is 1.77. The Morgan fingerprint density at radius 1 is 0.923 bits per heavy atom. The lowest BCUT2D eigenvalue weighted by atomic mass is 10.2. The lowest BCUT2D eigenvalue weighted by molar-refractivity contribution is -0.572. The second-order valence-corrected chi connectivity index (χ2v) is 7.32. The molecule has 0 unspecified atom stereocenters. The molecule has 0 bridgehead atoms. The minimum atomic E-state index is -0.0761. The van der Waals surface area contributed by atoms with Crippen LogP contribution in [0.1, 0.15) is 0 Å². The van der Waals surface area contributed by atoms with Crippen molar-refractivity contribution in [3.8, 4) is 0 Å². The highest BCUT2D eigenvalue weighted by Gasteiger charge is 2.23. The van der Waals surface area contributed by atoms with Crippen LogP contribution in [0.2, 0.25) is 0 Å². The molecule has 0 spiro atoms. The summed E-state index contributed by atoms with van der Waals surface area (Å²) >= 11 is 1.70. The molecule has 0 aliphatic carbocycles. The molecular formula is C21H19N3OS. The third kappa shape index (κ3) is 3.02. The van der Waals surface area contributed by atoms with Gasteiger partial charge >= 0.3 is 0 Å². The Morgan fingerprint density at radius 3 is 2.00 bits per heavy atom. The molecule has 0 saturated carbocycles. The molecule has 1 aliphatic rings. The number of fused-ring (bicyclic) bond motifs is 2. The maximum atomic E-state index is 13.1. The Labute approximate surface area is 157 Å². The Bertz CT molecular complexity index is 922. The Kier molecular flexibility index (Phi) is 4.31. The van der Waals surface area contributed by atoms with E-state index in [0.717, 1.165) is 26.9 Å². The van der Waals surface area contributed by atoms with Crippen LogP contribution in [0.3, 0.4) is 0 Å². The van der Waals surface area contributed by atoms with E-state index in [0.29, 0.717) is 0 Å². The number of hydrogen-bond acceptors (Lipinski definition) is 4. The monoisotopic (exact) mass is 361 g/mol. The first-order valence-corrected chi connectivity index (χ1v) is 9.18. The summed E-state index contributed by atoms with van der Waals surface area (Å²) in [5.74, 6) is -0.0761. The summed E-state index contributed by atoms with van der Waals surface area (Å²) in [5.41, 5.74) is 2.93. The van der Waals surface area contributed by atoms with Gasteiger partial charge in [-0.25, -0.2) is 0 Å². The number of para-hydroxylation sites is 2. The highest BCUT2D eigenvalue weighted by Crippen LogP contribution is 2.48. The van der Waals surface area contributed by atoms with E-state index >= 15 is 0 Å². The molecule has 0 fully saturated rings. The predicted molar refractivity (Wildman–Crippen MR) is 104 cm³/mol. The van der Waals surface area contributed by atoms with Gasteiger partial charge < -0.3 is 14.9 Å². The number of aromatic nitrogens is 1. The van der Waals surface area contributed by atoms with E-state index in [-0.39, 0.29) is 5.88 Å². The maximum absolute atomic E-state index is 13.1. The van der Waals surface area contributed by atoms with E-state index < -0.39 is 0 Å². The number of nitrogens with zero attached hydrogens (tertiary/aromatic N) is 3. The summed E-state index contributed by atoms with van der Waals surface area (Å²) in [6.07, 6.45) is 5.40. The highest BCUT2D eigenvalue weighted by atomic mass is 32.2. The normalized spacial score (nSPS) is 13.2. The topological polar surface area (TPSA) is 33.4 Å². The quantitative estimate of drug-likeness (QED) is 0.528. The van der Waals surface area contributed by atoms with Crippen LogP contribution < -0.4 is 19.5 Å². The molecule has 1 aliphatic heterocycles. The zero-order valence-electron chi connectivity index (χ0n) is 14.7. The van der Waals surface area contributed by atoms with Crippen LogP contribution in [0.25, 0.3) is 6.20 Å². The standard InChI is InChI=1S/C21H19N3OS/c1-22(2)16-11-13-23(14-12-16)15-21(25)24-17-7-3-5-9-19(17)26-20-10-6-4-8-18(20)24/h3-15H,1-2H3/b21-15-. The van der Waals surface area contributed by atoms with Gasteiger partial charge in [-0.2, -0.15) is 4.57 Å². The molecular weight excluding hydrogens is 342 g/mol. The van der Waals surface area contributed by atoms with Crippen LogP contribution in [0.15, 0.2) is 88.7 Å². The number of hydrogen-bond donors (Lipinski definition) is 0. The van der Waals surface area contributed by atoms with Gasteiger partial charge in [-0.15, -0.1) is 0 Å². The summed E-state index contributed by atoms with van der Waals surface area (Å²) < 4.78 is 1.79. The van der Waals surface area contributed by atoms with Crippen molar-refractivity contribution < 1.29 is 9.67 Å². The van der Waals surface area contributed by atoms with E-state index in [2.05, 4.69) is 12.1 Å². The molecule has 4 rings (SSSR count). The molecule has 0 atom stereocenters. The van der Waals surface area contributed by atoms with Gasteiger partial charge in [-0.1, -0.05) is 36.0 Å². The minimum Gasteiger partial charge on any atom is -0.856 e. The van der Waals surface area contributed by atoms with Gasteiger partial charge in [0, 0.05) is 47.6 Å². The predicted octanol–water partition coefficient (Wildman–Crippen LogP) is 3.46. The summed E-state index contributed by atoms with van der Waals surface area (Å²) in [6, 6.07) is 20.0. The molecule has 0 radical (unpaired) electrons. The van der Waals surface area contributed by atoms with Crippen molar-refractivity contribution in [1.29, 1.82) is 0 Å². The average Bonchev–Trinajstić information content (AvgIpc) is 2.66.